The molecular weight excluding hydrogens is 248 g/mol. The number of nitriles is 2. The third kappa shape index (κ3) is 2.10. The average Bonchev–Trinajstić information content (AvgIpc) is 2.45. The number of benzene rings is 1. The number of hydrogen-bond acceptors (Lipinski definition) is 4. The van der Waals surface area contributed by atoms with Crippen LogP contribution in [-0.4, -0.2) is 10.2 Å². The lowest BCUT2D eigenvalue weighted by atomic mass is 9.84. The van der Waals surface area contributed by atoms with E-state index in [1.165, 1.54) is 0 Å². The van der Waals surface area contributed by atoms with Crippen LogP contribution < -0.4 is 0 Å². The number of rotatable bonds is 2. The molecule has 0 amide bonds. The zero-order chi connectivity index (χ0) is 15.0. The molecule has 0 saturated carbocycles. The van der Waals surface area contributed by atoms with E-state index >= 15 is 0 Å². The topological polar surface area (TPSA) is 73.4 Å². The van der Waals surface area contributed by atoms with Gasteiger partial charge in [0.15, 0.2) is 0 Å². The van der Waals surface area contributed by atoms with E-state index in [9.17, 15) is 10.5 Å². The summed E-state index contributed by atoms with van der Waals surface area (Å²) in [6, 6.07) is 12.2. The lowest BCUT2D eigenvalue weighted by molar-refractivity contribution is 0.617. The van der Waals surface area contributed by atoms with E-state index in [-0.39, 0.29) is 0 Å². The maximum Gasteiger partial charge on any atom is 0.0962 e. The van der Waals surface area contributed by atoms with Crippen LogP contribution in [0.5, 0.6) is 0 Å². The Labute approximate surface area is 118 Å². The normalized spacial score (nSPS) is 11.9. The van der Waals surface area contributed by atoms with Crippen LogP contribution in [0.15, 0.2) is 24.3 Å². The molecule has 4 heteroatoms. The van der Waals surface area contributed by atoms with Crippen LogP contribution in [0.4, 0.5) is 0 Å². The molecule has 100 valence electrons. The Balaban J connectivity index is 2.86. The molecule has 0 fully saturated rings. The Kier molecular flexibility index (Phi) is 3.19. The molecule has 2 aromatic rings. The van der Waals surface area contributed by atoms with Gasteiger partial charge < -0.3 is 0 Å². The first-order chi connectivity index (χ1) is 9.33. The third-order valence-electron chi connectivity index (χ3n) is 3.43. The van der Waals surface area contributed by atoms with Crippen molar-refractivity contribution < 1.29 is 0 Å². The lowest BCUT2D eigenvalue weighted by Crippen LogP contribution is -2.22. The van der Waals surface area contributed by atoms with Crippen molar-refractivity contribution >= 4 is 10.8 Å². The van der Waals surface area contributed by atoms with Crippen LogP contribution in [-0.2, 0) is 10.8 Å². The SMILES string of the molecule is CC(C)(C#N)c1nnc(C(C)(C)C#N)c2ccccc12. The van der Waals surface area contributed by atoms with Crippen molar-refractivity contribution in [1.82, 2.24) is 10.2 Å². The van der Waals surface area contributed by atoms with E-state index in [0.717, 1.165) is 10.8 Å². The molecule has 0 saturated heterocycles. The fourth-order valence-corrected chi connectivity index (χ4v) is 2.13. The van der Waals surface area contributed by atoms with Gasteiger partial charge in [0.05, 0.1) is 34.4 Å². The average molecular weight is 264 g/mol. The first-order valence-electron chi connectivity index (χ1n) is 6.42. The van der Waals surface area contributed by atoms with Gasteiger partial charge in [-0.1, -0.05) is 24.3 Å². The van der Waals surface area contributed by atoms with E-state index in [0.29, 0.717) is 11.4 Å². The highest BCUT2D eigenvalue weighted by atomic mass is 15.1. The Hall–Kier alpha value is -2.46. The van der Waals surface area contributed by atoms with Crippen molar-refractivity contribution in [2.75, 3.05) is 0 Å². The predicted octanol–water partition coefficient (Wildman–Crippen LogP) is 3.23. The summed E-state index contributed by atoms with van der Waals surface area (Å²) in [7, 11) is 0. The monoisotopic (exact) mass is 264 g/mol. The summed E-state index contributed by atoms with van der Waals surface area (Å²) >= 11 is 0. The highest BCUT2D eigenvalue weighted by molar-refractivity contribution is 5.88. The van der Waals surface area contributed by atoms with E-state index in [4.69, 9.17) is 0 Å². The molecular formula is C16H16N4. The van der Waals surface area contributed by atoms with Gasteiger partial charge in [-0.2, -0.15) is 20.7 Å². The quantitative estimate of drug-likeness (QED) is 0.834. The minimum absolute atomic E-state index is 0.646. The molecule has 0 N–H and O–H groups in total. The van der Waals surface area contributed by atoms with Crippen molar-refractivity contribution in [2.24, 2.45) is 0 Å². The van der Waals surface area contributed by atoms with Crippen LogP contribution in [0.25, 0.3) is 10.8 Å². The van der Waals surface area contributed by atoms with Gasteiger partial charge in [-0.05, 0) is 27.7 Å². The summed E-state index contributed by atoms with van der Waals surface area (Å²) < 4.78 is 0. The van der Waals surface area contributed by atoms with E-state index in [1.807, 2.05) is 52.0 Å². The second-order valence-electron chi connectivity index (χ2n) is 5.92. The third-order valence-corrected chi connectivity index (χ3v) is 3.43. The molecule has 0 spiro atoms. The minimum atomic E-state index is -0.720. The number of hydrogen-bond donors (Lipinski definition) is 0. The standard InChI is InChI=1S/C16H16N4/c1-15(2,9-17)13-11-7-5-6-8-12(11)14(20-19-13)16(3,4)10-18/h5-8H,1-4H3. The van der Waals surface area contributed by atoms with Gasteiger partial charge >= 0.3 is 0 Å². The fourth-order valence-electron chi connectivity index (χ4n) is 2.13. The Bertz CT molecular complexity index is 681. The summed E-state index contributed by atoms with van der Waals surface area (Å²) in [5.74, 6) is 0. The second kappa shape index (κ2) is 4.58. The van der Waals surface area contributed by atoms with Gasteiger partial charge in [-0.3, -0.25) is 0 Å². The summed E-state index contributed by atoms with van der Waals surface area (Å²) in [5, 5.41) is 28.9. The van der Waals surface area contributed by atoms with Gasteiger partial charge in [-0.15, -0.1) is 0 Å². The Morgan fingerprint density at radius 3 is 1.45 bits per heavy atom. The van der Waals surface area contributed by atoms with Crippen LogP contribution in [0, 0.1) is 22.7 Å². The summed E-state index contributed by atoms with van der Waals surface area (Å²) in [5.41, 5.74) is -0.148. The summed E-state index contributed by atoms with van der Waals surface area (Å²) in [6.45, 7) is 7.27. The molecule has 0 radical (unpaired) electrons. The molecule has 1 aromatic heterocycles. The molecule has 0 bridgehead atoms. The molecule has 0 atom stereocenters. The van der Waals surface area contributed by atoms with E-state index in [2.05, 4.69) is 22.3 Å². The Morgan fingerprint density at radius 2 is 1.15 bits per heavy atom. The fraction of sp³-hybridized carbons (Fsp3) is 0.375. The molecule has 1 aromatic carbocycles. The van der Waals surface area contributed by atoms with Gasteiger partial charge in [-0.25, -0.2) is 0 Å². The highest BCUT2D eigenvalue weighted by Crippen LogP contribution is 2.32. The van der Waals surface area contributed by atoms with Gasteiger partial charge in [0.25, 0.3) is 0 Å². The molecule has 1 heterocycles. The van der Waals surface area contributed by atoms with Crippen molar-refractivity contribution in [3.05, 3.63) is 35.7 Å². The number of nitrogens with zero attached hydrogens (tertiary/aromatic N) is 4. The van der Waals surface area contributed by atoms with Crippen LogP contribution in [0.2, 0.25) is 0 Å². The Morgan fingerprint density at radius 1 is 0.800 bits per heavy atom. The van der Waals surface area contributed by atoms with Crippen molar-refractivity contribution in [1.29, 1.82) is 10.5 Å². The second-order valence-corrected chi connectivity index (χ2v) is 5.92. The predicted molar refractivity (Wildman–Crippen MR) is 76.8 cm³/mol. The number of aromatic nitrogens is 2. The maximum absolute atomic E-state index is 9.31. The molecule has 2 rings (SSSR count). The molecule has 0 aliphatic rings. The molecule has 4 nitrogen and oxygen atoms in total. The summed E-state index contributed by atoms with van der Waals surface area (Å²) in [4.78, 5) is 0. The lowest BCUT2D eigenvalue weighted by Gasteiger charge is -2.21. The van der Waals surface area contributed by atoms with E-state index < -0.39 is 10.8 Å². The number of fused-ring (bicyclic) bond motifs is 1. The maximum atomic E-state index is 9.31. The van der Waals surface area contributed by atoms with Gasteiger partial charge in [0.2, 0.25) is 0 Å². The van der Waals surface area contributed by atoms with Crippen LogP contribution in [0.3, 0.4) is 0 Å². The van der Waals surface area contributed by atoms with Crippen molar-refractivity contribution in [3.8, 4) is 12.1 Å². The largest absolute Gasteiger partial charge is 0.197 e. The molecule has 20 heavy (non-hydrogen) atoms. The van der Waals surface area contributed by atoms with Crippen LogP contribution in [0.1, 0.15) is 39.1 Å². The van der Waals surface area contributed by atoms with E-state index in [1.54, 1.807) is 0 Å². The minimum Gasteiger partial charge on any atom is -0.197 e. The van der Waals surface area contributed by atoms with Crippen LogP contribution >= 0.6 is 0 Å². The first-order valence-corrected chi connectivity index (χ1v) is 6.42. The zero-order valence-electron chi connectivity index (χ0n) is 12.1. The first kappa shape index (κ1) is 14.0. The summed E-state index contributed by atoms with van der Waals surface area (Å²) in [6.07, 6.45) is 0. The smallest absolute Gasteiger partial charge is 0.0962 e. The van der Waals surface area contributed by atoms with Crippen molar-refractivity contribution in [2.45, 2.75) is 38.5 Å². The molecule has 0 aliphatic carbocycles. The highest BCUT2D eigenvalue weighted by Gasteiger charge is 2.30. The zero-order valence-corrected chi connectivity index (χ0v) is 12.1. The van der Waals surface area contributed by atoms with Gasteiger partial charge in [0.1, 0.15) is 0 Å². The van der Waals surface area contributed by atoms with Gasteiger partial charge in [0, 0.05) is 10.8 Å². The molecule has 0 aliphatic heterocycles. The van der Waals surface area contributed by atoms with Crippen molar-refractivity contribution in [3.63, 3.8) is 0 Å². The molecule has 0 unspecified atom stereocenters.